The van der Waals surface area contributed by atoms with Gasteiger partial charge in [0.25, 0.3) is 0 Å². The van der Waals surface area contributed by atoms with E-state index in [4.69, 9.17) is 10.5 Å². The summed E-state index contributed by atoms with van der Waals surface area (Å²) in [6.07, 6.45) is 1.65. The molecule has 0 radical (unpaired) electrons. The van der Waals surface area contributed by atoms with Gasteiger partial charge in [-0.3, -0.25) is 0 Å². The van der Waals surface area contributed by atoms with Gasteiger partial charge in [0.2, 0.25) is 5.88 Å². The van der Waals surface area contributed by atoms with Gasteiger partial charge in [-0.2, -0.15) is 0 Å². The lowest BCUT2D eigenvalue weighted by Gasteiger charge is -2.14. The number of aryl methyl sites for hydroxylation is 1. The van der Waals surface area contributed by atoms with Crippen LogP contribution in [-0.4, -0.2) is 4.98 Å². The van der Waals surface area contributed by atoms with Crippen molar-refractivity contribution < 1.29 is 4.74 Å². The molecule has 0 bridgehead atoms. The molecular formula is C15H18N2O. The van der Waals surface area contributed by atoms with E-state index in [1.54, 1.807) is 18.3 Å². The van der Waals surface area contributed by atoms with Crippen LogP contribution in [0.3, 0.4) is 0 Å². The number of nitrogens with two attached hydrogens (primary N) is 1. The first-order valence-electron chi connectivity index (χ1n) is 6.06. The maximum absolute atomic E-state index is 5.84. The van der Waals surface area contributed by atoms with Crippen molar-refractivity contribution in [3.8, 4) is 11.6 Å². The fraction of sp³-hybridized carbons (Fsp3) is 0.267. The van der Waals surface area contributed by atoms with E-state index in [9.17, 15) is 0 Å². The Morgan fingerprint density at radius 1 is 1.17 bits per heavy atom. The van der Waals surface area contributed by atoms with Gasteiger partial charge in [-0.05, 0) is 36.1 Å². The van der Waals surface area contributed by atoms with Crippen molar-refractivity contribution in [2.45, 2.75) is 26.7 Å². The van der Waals surface area contributed by atoms with E-state index in [1.807, 2.05) is 13.0 Å². The molecule has 0 saturated heterocycles. The Bertz CT molecular complexity index is 550. The second kappa shape index (κ2) is 5.08. The van der Waals surface area contributed by atoms with Crippen LogP contribution in [0.5, 0.6) is 11.6 Å². The van der Waals surface area contributed by atoms with Crippen LogP contribution in [-0.2, 0) is 0 Å². The number of hydrogen-bond acceptors (Lipinski definition) is 3. The smallest absolute Gasteiger partial charge is 0.221 e. The highest BCUT2D eigenvalue weighted by molar-refractivity contribution is 5.44. The molecule has 0 amide bonds. The largest absolute Gasteiger partial charge is 0.439 e. The molecule has 18 heavy (non-hydrogen) atoms. The summed E-state index contributed by atoms with van der Waals surface area (Å²) >= 11 is 0. The lowest BCUT2D eigenvalue weighted by Crippen LogP contribution is -1.96. The van der Waals surface area contributed by atoms with Crippen LogP contribution in [0.25, 0.3) is 0 Å². The molecule has 1 aromatic heterocycles. The Hall–Kier alpha value is -2.03. The minimum Gasteiger partial charge on any atom is -0.439 e. The van der Waals surface area contributed by atoms with Gasteiger partial charge in [-0.1, -0.05) is 26.0 Å². The second-order valence-corrected chi connectivity index (χ2v) is 4.73. The summed E-state index contributed by atoms with van der Waals surface area (Å²) in [4.78, 5) is 4.16. The van der Waals surface area contributed by atoms with Crippen molar-refractivity contribution in [1.82, 2.24) is 4.98 Å². The molecule has 0 saturated carbocycles. The van der Waals surface area contributed by atoms with E-state index >= 15 is 0 Å². The molecule has 94 valence electrons. The maximum atomic E-state index is 5.84. The average molecular weight is 242 g/mol. The van der Waals surface area contributed by atoms with Gasteiger partial charge in [-0.25, -0.2) is 4.98 Å². The fourth-order valence-electron chi connectivity index (χ4n) is 1.80. The van der Waals surface area contributed by atoms with Gasteiger partial charge < -0.3 is 10.5 Å². The monoisotopic (exact) mass is 242 g/mol. The minimum absolute atomic E-state index is 0.404. The Kier molecular flexibility index (Phi) is 3.51. The van der Waals surface area contributed by atoms with E-state index in [0.717, 1.165) is 5.75 Å². The van der Waals surface area contributed by atoms with Crippen molar-refractivity contribution in [2.75, 3.05) is 5.73 Å². The van der Waals surface area contributed by atoms with E-state index < -0.39 is 0 Å². The number of nitrogen functional groups attached to an aromatic ring is 1. The normalized spacial score (nSPS) is 10.7. The van der Waals surface area contributed by atoms with Crippen molar-refractivity contribution in [1.29, 1.82) is 0 Å². The van der Waals surface area contributed by atoms with Crippen LogP contribution < -0.4 is 10.5 Å². The molecule has 2 aromatic rings. The molecule has 3 heteroatoms. The Morgan fingerprint density at radius 3 is 2.61 bits per heavy atom. The third-order valence-corrected chi connectivity index (χ3v) is 2.76. The van der Waals surface area contributed by atoms with Crippen molar-refractivity contribution in [3.05, 3.63) is 47.7 Å². The molecule has 1 aromatic carbocycles. The summed E-state index contributed by atoms with van der Waals surface area (Å²) < 4.78 is 5.84. The van der Waals surface area contributed by atoms with Crippen LogP contribution in [0, 0.1) is 6.92 Å². The number of benzene rings is 1. The first-order chi connectivity index (χ1) is 8.56. The fourth-order valence-corrected chi connectivity index (χ4v) is 1.80. The highest BCUT2D eigenvalue weighted by Gasteiger charge is 2.09. The molecule has 0 atom stereocenters. The molecule has 0 aliphatic rings. The number of aromatic nitrogens is 1. The molecule has 1 heterocycles. The SMILES string of the molecule is Cc1ccc(C(C)C)c(Oc2cc(N)ccn2)c1. The number of anilines is 1. The molecule has 2 N–H and O–H groups in total. The van der Waals surface area contributed by atoms with Gasteiger partial charge in [-0.15, -0.1) is 0 Å². The minimum atomic E-state index is 0.404. The van der Waals surface area contributed by atoms with Gasteiger partial charge >= 0.3 is 0 Å². The number of ether oxygens (including phenoxy) is 1. The van der Waals surface area contributed by atoms with Crippen LogP contribution in [0.4, 0.5) is 5.69 Å². The molecule has 0 spiro atoms. The first kappa shape index (κ1) is 12.4. The molecule has 3 nitrogen and oxygen atoms in total. The van der Waals surface area contributed by atoms with Gasteiger partial charge in [0, 0.05) is 18.0 Å². The number of rotatable bonds is 3. The molecule has 2 rings (SSSR count). The second-order valence-electron chi connectivity index (χ2n) is 4.73. The predicted octanol–water partition coefficient (Wildman–Crippen LogP) is 3.89. The zero-order chi connectivity index (χ0) is 13.1. The Labute approximate surface area is 108 Å². The lowest BCUT2D eigenvalue weighted by atomic mass is 10.0. The summed E-state index contributed by atoms with van der Waals surface area (Å²) in [6, 6.07) is 9.69. The van der Waals surface area contributed by atoms with Crippen molar-refractivity contribution >= 4 is 5.69 Å². The molecule has 0 aliphatic carbocycles. The molecular weight excluding hydrogens is 224 g/mol. The topological polar surface area (TPSA) is 48.1 Å². The molecule has 0 unspecified atom stereocenters. The van der Waals surface area contributed by atoms with Gasteiger partial charge in [0.1, 0.15) is 5.75 Å². The highest BCUT2D eigenvalue weighted by atomic mass is 16.5. The predicted molar refractivity (Wildman–Crippen MR) is 74.0 cm³/mol. The van der Waals surface area contributed by atoms with E-state index in [2.05, 4.69) is 31.0 Å². The van der Waals surface area contributed by atoms with Crippen LogP contribution >= 0.6 is 0 Å². The van der Waals surface area contributed by atoms with Crippen molar-refractivity contribution in [2.24, 2.45) is 0 Å². The first-order valence-corrected chi connectivity index (χ1v) is 6.06. The summed E-state index contributed by atoms with van der Waals surface area (Å²) in [5, 5.41) is 0. The number of pyridine rings is 1. The van der Waals surface area contributed by atoms with Crippen LogP contribution in [0.1, 0.15) is 30.9 Å². The van der Waals surface area contributed by atoms with E-state index in [0.29, 0.717) is 17.5 Å². The summed E-state index contributed by atoms with van der Waals surface area (Å²) in [5.74, 6) is 1.78. The summed E-state index contributed by atoms with van der Waals surface area (Å²) in [5.41, 5.74) is 8.71. The average Bonchev–Trinajstić information content (AvgIpc) is 2.28. The standard InChI is InChI=1S/C15H18N2O/c1-10(2)13-5-4-11(3)8-14(13)18-15-9-12(16)6-7-17-15/h4-10H,1-3H3,(H2,16,17). The van der Waals surface area contributed by atoms with Crippen LogP contribution in [0.2, 0.25) is 0 Å². The number of hydrogen-bond donors (Lipinski definition) is 1. The molecule has 0 fully saturated rings. The zero-order valence-corrected chi connectivity index (χ0v) is 11.0. The van der Waals surface area contributed by atoms with Crippen molar-refractivity contribution in [3.63, 3.8) is 0 Å². The molecule has 0 aliphatic heterocycles. The van der Waals surface area contributed by atoms with Gasteiger partial charge in [0.05, 0.1) is 0 Å². The summed E-state index contributed by atoms with van der Waals surface area (Å²) in [6.45, 7) is 6.33. The zero-order valence-electron chi connectivity index (χ0n) is 11.0. The lowest BCUT2D eigenvalue weighted by molar-refractivity contribution is 0.454. The van der Waals surface area contributed by atoms with E-state index in [1.165, 1.54) is 11.1 Å². The third kappa shape index (κ3) is 2.80. The maximum Gasteiger partial charge on any atom is 0.221 e. The highest BCUT2D eigenvalue weighted by Crippen LogP contribution is 2.31. The Morgan fingerprint density at radius 2 is 1.94 bits per heavy atom. The third-order valence-electron chi connectivity index (χ3n) is 2.76. The Balaban J connectivity index is 2.36. The quantitative estimate of drug-likeness (QED) is 0.888. The summed E-state index contributed by atoms with van der Waals surface area (Å²) in [7, 11) is 0. The number of nitrogens with zero attached hydrogens (tertiary/aromatic N) is 1. The van der Waals surface area contributed by atoms with Crippen LogP contribution in [0.15, 0.2) is 36.5 Å². The van der Waals surface area contributed by atoms with Gasteiger partial charge in [0.15, 0.2) is 0 Å². The van der Waals surface area contributed by atoms with E-state index in [-0.39, 0.29) is 0 Å².